The number of hydrogen-bond acceptors (Lipinski definition) is 2. The van der Waals surface area contributed by atoms with Crippen molar-refractivity contribution >= 4 is 5.97 Å². The van der Waals surface area contributed by atoms with Gasteiger partial charge in [0.1, 0.15) is 0 Å². The Bertz CT molecular complexity index is 192. The van der Waals surface area contributed by atoms with E-state index in [2.05, 4.69) is 33.4 Å². The van der Waals surface area contributed by atoms with Gasteiger partial charge in [0.25, 0.3) is 0 Å². The van der Waals surface area contributed by atoms with E-state index in [4.69, 9.17) is 4.74 Å². The van der Waals surface area contributed by atoms with Gasteiger partial charge in [0.05, 0.1) is 6.61 Å². The molecule has 0 spiro atoms. The highest BCUT2D eigenvalue weighted by Crippen LogP contribution is 2.11. The molecule has 3 N–H and O–H groups in total. The second-order valence-corrected chi connectivity index (χ2v) is 5.02. The van der Waals surface area contributed by atoms with Crippen molar-refractivity contribution in [2.24, 2.45) is 11.8 Å². The second kappa shape index (κ2) is 8.57. The van der Waals surface area contributed by atoms with Gasteiger partial charge in [-0.25, -0.2) is 4.79 Å². The van der Waals surface area contributed by atoms with Crippen molar-refractivity contribution < 1.29 is 15.3 Å². The topological polar surface area (TPSA) is 53.9 Å². The molecule has 16 heavy (non-hydrogen) atoms. The Kier molecular flexibility index (Phi) is 8.26. The summed E-state index contributed by atoms with van der Waals surface area (Å²) in [5, 5.41) is 0. The summed E-state index contributed by atoms with van der Waals surface area (Å²) in [5.41, 5.74) is 3.85. The molecular formula is C13H28NO2+. The predicted octanol–water partition coefficient (Wildman–Crippen LogP) is 2.01. The molecule has 0 rings (SSSR count). The fourth-order valence-electron chi connectivity index (χ4n) is 1.80. The van der Waals surface area contributed by atoms with Crippen LogP contribution in [0, 0.1) is 11.8 Å². The molecule has 0 saturated heterocycles. The monoisotopic (exact) mass is 230 g/mol. The molecule has 2 atom stereocenters. The number of carbonyl (C=O) groups excluding carboxylic acids is 1. The molecule has 0 aliphatic heterocycles. The molecule has 0 aromatic rings. The third-order valence-electron chi connectivity index (χ3n) is 2.82. The molecule has 0 fully saturated rings. The lowest BCUT2D eigenvalue weighted by atomic mass is 10.0. The summed E-state index contributed by atoms with van der Waals surface area (Å²) in [6.07, 6.45) is 4.17. The first kappa shape index (κ1) is 15.4. The summed E-state index contributed by atoms with van der Waals surface area (Å²) in [6, 6.07) is -0.209. The van der Waals surface area contributed by atoms with Crippen LogP contribution in [0.4, 0.5) is 0 Å². The number of ether oxygens (including phenoxy) is 1. The van der Waals surface area contributed by atoms with E-state index in [1.54, 1.807) is 0 Å². The fourth-order valence-corrected chi connectivity index (χ4v) is 1.80. The normalized spacial score (nSPS) is 14.9. The van der Waals surface area contributed by atoms with Gasteiger partial charge in [-0.3, -0.25) is 0 Å². The lowest BCUT2D eigenvalue weighted by Crippen LogP contribution is -2.65. The molecule has 0 saturated carbocycles. The van der Waals surface area contributed by atoms with Crippen LogP contribution in [0.3, 0.4) is 0 Å². The molecular weight excluding hydrogens is 202 g/mol. The minimum atomic E-state index is -0.209. The Balaban J connectivity index is 3.86. The molecule has 0 heterocycles. The van der Waals surface area contributed by atoms with Gasteiger partial charge in [-0.2, -0.15) is 0 Å². The summed E-state index contributed by atoms with van der Waals surface area (Å²) in [4.78, 5) is 11.6. The third kappa shape index (κ3) is 6.83. The number of rotatable bonds is 8. The van der Waals surface area contributed by atoms with Crippen LogP contribution < -0.4 is 5.73 Å². The molecule has 0 aliphatic carbocycles. The number of carbonyl (C=O) groups is 1. The molecule has 0 aromatic heterocycles. The summed E-state index contributed by atoms with van der Waals surface area (Å²) >= 11 is 0. The van der Waals surface area contributed by atoms with Crippen molar-refractivity contribution in [2.45, 2.75) is 59.4 Å². The van der Waals surface area contributed by atoms with E-state index < -0.39 is 0 Å². The number of quaternary nitrogens is 1. The first-order valence-electron chi connectivity index (χ1n) is 6.50. The average Bonchev–Trinajstić information content (AvgIpc) is 2.22. The Morgan fingerprint density at radius 2 is 1.94 bits per heavy atom. The van der Waals surface area contributed by atoms with Gasteiger partial charge in [-0.15, -0.1) is 0 Å². The molecule has 0 aliphatic rings. The molecule has 3 nitrogen and oxygen atoms in total. The van der Waals surface area contributed by atoms with Crippen molar-refractivity contribution in [3.05, 3.63) is 0 Å². The molecule has 96 valence electrons. The summed E-state index contributed by atoms with van der Waals surface area (Å²) in [7, 11) is 0. The fraction of sp³-hybridized carbons (Fsp3) is 0.923. The van der Waals surface area contributed by atoms with Gasteiger partial charge >= 0.3 is 5.97 Å². The molecule has 0 radical (unpaired) electrons. The lowest BCUT2D eigenvalue weighted by molar-refractivity contribution is -0.411. The zero-order valence-corrected chi connectivity index (χ0v) is 11.3. The van der Waals surface area contributed by atoms with Crippen LogP contribution in [-0.4, -0.2) is 18.6 Å². The number of hydrogen-bond donors (Lipinski definition) is 1. The Morgan fingerprint density at radius 1 is 1.31 bits per heavy atom. The summed E-state index contributed by atoms with van der Waals surface area (Å²) in [6.45, 7) is 9.06. The molecule has 0 aromatic carbocycles. The highest BCUT2D eigenvalue weighted by atomic mass is 16.5. The first-order chi connectivity index (χ1) is 7.51. The largest absolute Gasteiger partial charge is 0.461 e. The second-order valence-electron chi connectivity index (χ2n) is 5.02. The van der Waals surface area contributed by atoms with Crippen LogP contribution in [0.1, 0.15) is 53.4 Å². The minimum Gasteiger partial charge on any atom is -0.461 e. The summed E-state index contributed by atoms with van der Waals surface area (Å²) < 4.78 is 5.31. The molecule has 0 bridgehead atoms. The lowest BCUT2D eigenvalue weighted by Gasteiger charge is -2.16. The zero-order chi connectivity index (χ0) is 12.6. The van der Waals surface area contributed by atoms with E-state index in [0.29, 0.717) is 18.4 Å². The zero-order valence-electron chi connectivity index (χ0n) is 11.3. The molecule has 3 heteroatoms. The van der Waals surface area contributed by atoms with Crippen LogP contribution in [0.25, 0.3) is 0 Å². The van der Waals surface area contributed by atoms with E-state index in [1.165, 1.54) is 0 Å². The van der Waals surface area contributed by atoms with Crippen molar-refractivity contribution in [1.82, 2.24) is 0 Å². The van der Waals surface area contributed by atoms with Crippen molar-refractivity contribution in [1.29, 1.82) is 0 Å². The van der Waals surface area contributed by atoms with Crippen molar-refractivity contribution in [3.8, 4) is 0 Å². The van der Waals surface area contributed by atoms with E-state index >= 15 is 0 Å². The third-order valence-corrected chi connectivity index (χ3v) is 2.82. The predicted molar refractivity (Wildman–Crippen MR) is 65.8 cm³/mol. The Morgan fingerprint density at radius 3 is 2.38 bits per heavy atom. The van der Waals surface area contributed by atoms with Gasteiger partial charge in [0, 0.05) is 6.42 Å². The SMILES string of the molecule is CCCC(CC)COC(=O)C([NH3+])CC(C)C. The van der Waals surface area contributed by atoms with Gasteiger partial charge in [0.2, 0.25) is 0 Å². The van der Waals surface area contributed by atoms with E-state index in [-0.39, 0.29) is 12.0 Å². The van der Waals surface area contributed by atoms with Crippen LogP contribution in [0.2, 0.25) is 0 Å². The van der Waals surface area contributed by atoms with Crippen molar-refractivity contribution in [2.75, 3.05) is 6.61 Å². The summed E-state index contributed by atoms with van der Waals surface area (Å²) in [5.74, 6) is 0.871. The van der Waals surface area contributed by atoms with E-state index in [9.17, 15) is 4.79 Å². The van der Waals surface area contributed by atoms with E-state index in [1.807, 2.05) is 0 Å². The average molecular weight is 230 g/mol. The smallest absolute Gasteiger partial charge is 0.364 e. The molecule has 2 unspecified atom stereocenters. The highest BCUT2D eigenvalue weighted by molar-refractivity contribution is 5.73. The van der Waals surface area contributed by atoms with E-state index in [0.717, 1.165) is 25.7 Å². The van der Waals surface area contributed by atoms with Gasteiger partial charge < -0.3 is 10.5 Å². The van der Waals surface area contributed by atoms with Crippen LogP contribution in [0.5, 0.6) is 0 Å². The van der Waals surface area contributed by atoms with Crippen LogP contribution in [-0.2, 0) is 9.53 Å². The van der Waals surface area contributed by atoms with Crippen LogP contribution >= 0.6 is 0 Å². The quantitative estimate of drug-likeness (QED) is 0.649. The van der Waals surface area contributed by atoms with Gasteiger partial charge in [-0.1, -0.05) is 40.5 Å². The van der Waals surface area contributed by atoms with Crippen LogP contribution in [0.15, 0.2) is 0 Å². The first-order valence-corrected chi connectivity index (χ1v) is 6.50. The van der Waals surface area contributed by atoms with Gasteiger partial charge in [0.15, 0.2) is 6.04 Å². The maximum atomic E-state index is 11.6. The van der Waals surface area contributed by atoms with Gasteiger partial charge in [-0.05, 0) is 18.3 Å². The Hall–Kier alpha value is -0.570. The highest BCUT2D eigenvalue weighted by Gasteiger charge is 2.21. The maximum absolute atomic E-state index is 11.6. The minimum absolute atomic E-state index is 0.136. The molecule has 0 amide bonds. The standard InChI is InChI=1S/C13H27NO2/c1-5-7-11(6-2)9-16-13(15)12(14)8-10(3)4/h10-12H,5-9,14H2,1-4H3/p+1. The maximum Gasteiger partial charge on any atom is 0.364 e. The number of esters is 1. The van der Waals surface area contributed by atoms with Crippen molar-refractivity contribution in [3.63, 3.8) is 0 Å². The Labute approximate surface area is 99.7 Å².